The van der Waals surface area contributed by atoms with Crippen molar-refractivity contribution in [2.45, 2.75) is 44.3 Å². The number of aliphatic hydroxyl groups is 1. The van der Waals surface area contributed by atoms with Crippen LogP contribution in [0.3, 0.4) is 0 Å². The first-order chi connectivity index (χ1) is 8.34. The van der Waals surface area contributed by atoms with E-state index in [1.54, 1.807) is 0 Å². The highest BCUT2D eigenvalue weighted by Crippen LogP contribution is 2.37. The van der Waals surface area contributed by atoms with E-state index < -0.39 is 0 Å². The van der Waals surface area contributed by atoms with Crippen molar-refractivity contribution in [3.05, 3.63) is 35.4 Å². The summed E-state index contributed by atoms with van der Waals surface area (Å²) in [6, 6.07) is 8.35. The smallest absolute Gasteiger partial charge is 0.109 e. The molecule has 2 nitrogen and oxygen atoms in total. The van der Waals surface area contributed by atoms with Crippen LogP contribution in [0.1, 0.15) is 42.9 Å². The summed E-state index contributed by atoms with van der Waals surface area (Å²) >= 11 is 0. The second-order valence-corrected chi connectivity index (χ2v) is 5.33. The van der Waals surface area contributed by atoms with Crippen molar-refractivity contribution in [1.29, 1.82) is 0 Å². The van der Waals surface area contributed by atoms with E-state index in [0.717, 1.165) is 31.8 Å². The first kappa shape index (κ1) is 11.2. The molecule has 0 aromatic heterocycles. The van der Waals surface area contributed by atoms with Gasteiger partial charge < -0.3 is 9.84 Å². The molecule has 2 aliphatic rings. The molecule has 92 valence electrons. The molecular formula is C15H20O2. The number of hydrogen-bond acceptors (Lipinski definition) is 2. The van der Waals surface area contributed by atoms with Gasteiger partial charge in [-0.25, -0.2) is 0 Å². The highest BCUT2D eigenvalue weighted by molar-refractivity contribution is 5.31. The molecule has 2 unspecified atom stereocenters. The standard InChI is InChI=1S/C15H20O2/c16-14(8-7-11-5-6-11)15-13-4-2-1-3-12(13)9-10-17-15/h1-4,11,14-16H,5-10H2. The van der Waals surface area contributed by atoms with Gasteiger partial charge in [-0.1, -0.05) is 37.1 Å². The van der Waals surface area contributed by atoms with Gasteiger partial charge in [0, 0.05) is 0 Å². The van der Waals surface area contributed by atoms with Gasteiger partial charge in [-0.2, -0.15) is 0 Å². The van der Waals surface area contributed by atoms with Crippen molar-refractivity contribution in [2.75, 3.05) is 6.61 Å². The molecule has 17 heavy (non-hydrogen) atoms. The summed E-state index contributed by atoms with van der Waals surface area (Å²) < 4.78 is 5.77. The molecule has 2 atom stereocenters. The molecule has 0 spiro atoms. The van der Waals surface area contributed by atoms with Gasteiger partial charge in [-0.15, -0.1) is 0 Å². The Labute approximate surface area is 103 Å². The number of fused-ring (bicyclic) bond motifs is 1. The predicted molar refractivity (Wildman–Crippen MR) is 66.8 cm³/mol. The lowest BCUT2D eigenvalue weighted by atomic mass is 9.92. The van der Waals surface area contributed by atoms with Crippen molar-refractivity contribution >= 4 is 0 Å². The molecule has 0 amide bonds. The Morgan fingerprint density at radius 2 is 2.12 bits per heavy atom. The molecule has 3 rings (SSSR count). The van der Waals surface area contributed by atoms with Crippen molar-refractivity contribution < 1.29 is 9.84 Å². The van der Waals surface area contributed by atoms with Crippen LogP contribution in [0.15, 0.2) is 24.3 Å². The Kier molecular flexibility index (Phi) is 3.17. The van der Waals surface area contributed by atoms with E-state index in [4.69, 9.17) is 4.74 Å². The maximum Gasteiger partial charge on any atom is 0.109 e. The van der Waals surface area contributed by atoms with Crippen molar-refractivity contribution in [1.82, 2.24) is 0 Å². The number of aliphatic hydroxyl groups excluding tert-OH is 1. The average molecular weight is 232 g/mol. The normalized spacial score (nSPS) is 25.4. The van der Waals surface area contributed by atoms with Gasteiger partial charge in [0.2, 0.25) is 0 Å². The topological polar surface area (TPSA) is 29.5 Å². The van der Waals surface area contributed by atoms with Crippen molar-refractivity contribution in [2.24, 2.45) is 5.92 Å². The van der Waals surface area contributed by atoms with Crippen molar-refractivity contribution in [3.8, 4) is 0 Å². The molecule has 1 saturated carbocycles. The van der Waals surface area contributed by atoms with Gasteiger partial charge in [0.25, 0.3) is 0 Å². The maximum atomic E-state index is 10.3. The summed E-state index contributed by atoms with van der Waals surface area (Å²) in [7, 11) is 0. The van der Waals surface area contributed by atoms with Crippen molar-refractivity contribution in [3.63, 3.8) is 0 Å². The van der Waals surface area contributed by atoms with Crippen LogP contribution < -0.4 is 0 Å². The highest BCUT2D eigenvalue weighted by atomic mass is 16.5. The largest absolute Gasteiger partial charge is 0.390 e. The Morgan fingerprint density at radius 3 is 2.94 bits per heavy atom. The van der Waals surface area contributed by atoms with E-state index in [9.17, 15) is 5.11 Å². The molecule has 0 bridgehead atoms. The SMILES string of the molecule is OC(CCC1CC1)C1OCCc2ccccc21. The van der Waals surface area contributed by atoms with Gasteiger partial charge in [0.1, 0.15) is 6.10 Å². The lowest BCUT2D eigenvalue weighted by molar-refractivity contribution is -0.0506. The summed E-state index contributed by atoms with van der Waals surface area (Å²) in [5.41, 5.74) is 2.54. The third-order valence-corrected chi connectivity index (χ3v) is 3.95. The lowest BCUT2D eigenvalue weighted by Gasteiger charge is -2.29. The monoisotopic (exact) mass is 232 g/mol. The van der Waals surface area contributed by atoms with E-state index in [1.807, 2.05) is 6.07 Å². The van der Waals surface area contributed by atoms with Crippen LogP contribution in [-0.2, 0) is 11.2 Å². The fourth-order valence-corrected chi connectivity index (χ4v) is 2.71. The van der Waals surface area contributed by atoms with E-state index in [-0.39, 0.29) is 12.2 Å². The van der Waals surface area contributed by atoms with Gasteiger partial charge in [-0.3, -0.25) is 0 Å². The van der Waals surface area contributed by atoms with Crippen LogP contribution in [0.25, 0.3) is 0 Å². The van der Waals surface area contributed by atoms with Crippen LogP contribution in [-0.4, -0.2) is 17.8 Å². The Balaban J connectivity index is 1.69. The highest BCUT2D eigenvalue weighted by Gasteiger charge is 2.29. The van der Waals surface area contributed by atoms with E-state index in [2.05, 4.69) is 18.2 Å². The Morgan fingerprint density at radius 1 is 1.29 bits per heavy atom. The molecular weight excluding hydrogens is 212 g/mol. The van der Waals surface area contributed by atoms with E-state index in [1.165, 1.54) is 24.0 Å². The minimum atomic E-state index is -0.336. The third-order valence-electron chi connectivity index (χ3n) is 3.95. The fraction of sp³-hybridized carbons (Fsp3) is 0.600. The molecule has 0 saturated heterocycles. The van der Waals surface area contributed by atoms with E-state index >= 15 is 0 Å². The predicted octanol–water partition coefficient (Wildman–Crippen LogP) is 2.85. The minimum Gasteiger partial charge on any atom is -0.390 e. The number of benzene rings is 1. The minimum absolute atomic E-state index is 0.0984. The van der Waals surface area contributed by atoms with Crippen LogP contribution in [0.2, 0.25) is 0 Å². The number of ether oxygens (including phenoxy) is 1. The zero-order valence-corrected chi connectivity index (χ0v) is 10.1. The fourth-order valence-electron chi connectivity index (χ4n) is 2.71. The molecule has 2 heteroatoms. The molecule has 1 N–H and O–H groups in total. The van der Waals surface area contributed by atoms with Gasteiger partial charge in [0.15, 0.2) is 0 Å². The second kappa shape index (κ2) is 4.79. The molecule has 0 radical (unpaired) electrons. The Bertz CT molecular complexity index is 384. The quantitative estimate of drug-likeness (QED) is 0.865. The summed E-state index contributed by atoms with van der Waals surface area (Å²) in [5.74, 6) is 0.878. The molecule has 1 fully saturated rings. The number of rotatable bonds is 4. The molecule has 1 aromatic carbocycles. The molecule has 1 aliphatic heterocycles. The average Bonchev–Trinajstić information content (AvgIpc) is 3.19. The number of hydrogen-bond donors (Lipinski definition) is 1. The van der Waals surface area contributed by atoms with Crippen LogP contribution in [0.5, 0.6) is 0 Å². The summed E-state index contributed by atoms with van der Waals surface area (Å²) in [4.78, 5) is 0. The third kappa shape index (κ3) is 2.53. The zero-order valence-electron chi connectivity index (χ0n) is 10.1. The van der Waals surface area contributed by atoms with Gasteiger partial charge in [0.05, 0.1) is 12.7 Å². The van der Waals surface area contributed by atoms with Gasteiger partial charge in [-0.05, 0) is 36.3 Å². The molecule has 1 heterocycles. The van der Waals surface area contributed by atoms with Gasteiger partial charge >= 0.3 is 0 Å². The first-order valence-electron chi connectivity index (χ1n) is 6.72. The van der Waals surface area contributed by atoms with Crippen LogP contribution in [0, 0.1) is 5.92 Å². The Hall–Kier alpha value is -0.860. The van der Waals surface area contributed by atoms with Crippen LogP contribution in [0.4, 0.5) is 0 Å². The molecule has 1 aliphatic carbocycles. The summed E-state index contributed by atoms with van der Waals surface area (Å²) in [6.07, 6.45) is 5.29. The summed E-state index contributed by atoms with van der Waals surface area (Å²) in [5, 5.41) is 10.3. The molecule has 1 aromatic rings. The maximum absolute atomic E-state index is 10.3. The lowest BCUT2D eigenvalue weighted by Crippen LogP contribution is -2.27. The first-order valence-corrected chi connectivity index (χ1v) is 6.72. The second-order valence-electron chi connectivity index (χ2n) is 5.33. The zero-order chi connectivity index (χ0) is 11.7. The van der Waals surface area contributed by atoms with Crippen LogP contribution >= 0.6 is 0 Å². The summed E-state index contributed by atoms with van der Waals surface area (Å²) in [6.45, 7) is 0.738. The van der Waals surface area contributed by atoms with E-state index in [0.29, 0.717) is 0 Å².